The van der Waals surface area contributed by atoms with Crippen LogP contribution in [0.5, 0.6) is 0 Å². The molecular formula is C16H26BrClN2O2S. The highest BCUT2D eigenvalue weighted by Gasteiger charge is 2.32. The third kappa shape index (κ3) is 4.69. The van der Waals surface area contributed by atoms with Crippen LogP contribution in [0.15, 0.2) is 21.5 Å². The van der Waals surface area contributed by atoms with Crippen LogP contribution in [0.2, 0.25) is 0 Å². The summed E-state index contributed by atoms with van der Waals surface area (Å²) in [5.41, 5.74) is 1.75. The summed E-state index contributed by atoms with van der Waals surface area (Å²) in [6.07, 6.45) is 2.60. The first-order valence-corrected chi connectivity index (χ1v) is 10.1. The van der Waals surface area contributed by atoms with Gasteiger partial charge >= 0.3 is 0 Å². The molecule has 1 heterocycles. The first-order chi connectivity index (χ1) is 10.4. The predicted molar refractivity (Wildman–Crippen MR) is 101 cm³/mol. The molecule has 1 aliphatic rings. The lowest BCUT2D eigenvalue weighted by atomic mass is 10.1. The van der Waals surface area contributed by atoms with Crippen LogP contribution in [0, 0.1) is 13.8 Å². The van der Waals surface area contributed by atoms with Crippen molar-refractivity contribution in [3.8, 4) is 0 Å². The monoisotopic (exact) mass is 424 g/mol. The summed E-state index contributed by atoms with van der Waals surface area (Å²) in [5, 5.41) is 3.30. The number of aryl methyl sites for hydroxylation is 2. The van der Waals surface area contributed by atoms with Gasteiger partial charge < -0.3 is 5.32 Å². The van der Waals surface area contributed by atoms with Crippen molar-refractivity contribution in [2.45, 2.75) is 51.0 Å². The SMILES string of the molecule is CCCN(C1CCNCC1)S(=O)(=O)c1cc(C)c(Br)cc1C.Cl. The molecule has 0 aromatic heterocycles. The van der Waals surface area contributed by atoms with Gasteiger partial charge in [0.25, 0.3) is 0 Å². The number of halogens is 2. The highest BCUT2D eigenvalue weighted by Crippen LogP contribution is 2.29. The number of hydrogen-bond donors (Lipinski definition) is 1. The van der Waals surface area contributed by atoms with Crippen molar-refractivity contribution in [1.29, 1.82) is 0 Å². The lowest BCUT2D eigenvalue weighted by molar-refractivity contribution is 0.262. The molecule has 0 amide bonds. The molecule has 0 spiro atoms. The molecule has 1 aliphatic heterocycles. The van der Waals surface area contributed by atoms with E-state index in [-0.39, 0.29) is 18.4 Å². The van der Waals surface area contributed by atoms with E-state index in [1.165, 1.54) is 0 Å². The number of hydrogen-bond acceptors (Lipinski definition) is 3. The Bertz CT molecular complexity index is 631. The molecule has 0 saturated carbocycles. The maximum Gasteiger partial charge on any atom is 0.243 e. The van der Waals surface area contributed by atoms with E-state index in [1.54, 1.807) is 10.4 Å². The zero-order valence-electron chi connectivity index (χ0n) is 13.9. The van der Waals surface area contributed by atoms with E-state index < -0.39 is 10.0 Å². The molecule has 132 valence electrons. The molecule has 2 rings (SSSR count). The Morgan fingerprint density at radius 2 is 1.83 bits per heavy atom. The number of piperidine rings is 1. The van der Waals surface area contributed by atoms with Crippen LogP contribution in [0.25, 0.3) is 0 Å². The number of nitrogens with one attached hydrogen (secondary N) is 1. The number of sulfonamides is 1. The Morgan fingerprint density at radius 3 is 2.39 bits per heavy atom. The average molecular weight is 426 g/mol. The Hall–Kier alpha value is -0.140. The van der Waals surface area contributed by atoms with Gasteiger partial charge in [-0.05, 0) is 69.5 Å². The van der Waals surface area contributed by atoms with Crippen LogP contribution in [-0.2, 0) is 10.0 Å². The van der Waals surface area contributed by atoms with E-state index in [4.69, 9.17) is 0 Å². The Labute approximate surface area is 154 Å². The summed E-state index contributed by atoms with van der Waals surface area (Å²) >= 11 is 3.47. The Morgan fingerprint density at radius 1 is 1.22 bits per heavy atom. The minimum absolute atomic E-state index is 0. The molecule has 4 nitrogen and oxygen atoms in total. The maximum atomic E-state index is 13.2. The minimum Gasteiger partial charge on any atom is -0.317 e. The van der Waals surface area contributed by atoms with Crippen molar-refractivity contribution in [1.82, 2.24) is 9.62 Å². The van der Waals surface area contributed by atoms with Gasteiger partial charge in [-0.1, -0.05) is 22.9 Å². The highest BCUT2D eigenvalue weighted by molar-refractivity contribution is 9.10. The van der Waals surface area contributed by atoms with E-state index in [2.05, 4.69) is 21.2 Å². The quantitative estimate of drug-likeness (QED) is 0.783. The molecule has 1 N–H and O–H groups in total. The van der Waals surface area contributed by atoms with Gasteiger partial charge in [0.2, 0.25) is 10.0 Å². The van der Waals surface area contributed by atoms with Crippen molar-refractivity contribution >= 4 is 38.4 Å². The number of benzene rings is 1. The molecular weight excluding hydrogens is 400 g/mol. The van der Waals surface area contributed by atoms with E-state index in [0.717, 1.165) is 48.0 Å². The molecule has 7 heteroatoms. The zero-order valence-corrected chi connectivity index (χ0v) is 17.2. The summed E-state index contributed by atoms with van der Waals surface area (Å²) in [7, 11) is -3.45. The molecule has 1 saturated heterocycles. The lowest BCUT2D eigenvalue weighted by Gasteiger charge is -2.34. The van der Waals surface area contributed by atoms with Crippen LogP contribution < -0.4 is 5.32 Å². The third-order valence-corrected chi connectivity index (χ3v) is 7.15. The molecule has 0 aliphatic carbocycles. The topological polar surface area (TPSA) is 49.4 Å². The van der Waals surface area contributed by atoms with E-state index in [9.17, 15) is 8.42 Å². The van der Waals surface area contributed by atoms with Crippen molar-refractivity contribution in [3.63, 3.8) is 0 Å². The van der Waals surface area contributed by atoms with Crippen LogP contribution in [0.1, 0.15) is 37.3 Å². The lowest BCUT2D eigenvalue weighted by Crippen LogP contribution is -2.46. The second-order valence-electron chi connectivity index (χ2n) is 5.96. The molecule has 0 unspecified atom stereocenters. The normalized spacial score (nSPS) is 16.4. The van der Waals surface area contributed by atoms with Crippen LogP contribution in [-0.4, -0.2) is 38.4 Å². The van der Waals surface area contributed by atoms with Crippen LogP contribution >= 0.6 is 28.3 Å². The Kier molecular flexibility index (Phi) is 8.01. The maximum absolute atomic E-state index is 13.2. The van der Waals surface area contributed by atoms with E-state index >= 15 is 0 Å². The fourth-order valence-electron chi connectivity index (χ4n) is 2.97. The van der Waals surface area contributed by atoms with Gasteiger partial charge in [0.05, 0.1) is 4.90 Å². The second kappa shape index (κ2) is 8.81. The van der Waals surface area contributed by atoms with Gasteiger partial charge in [0.15, 0.2) is 0 Å². The molecule has 1 aromatic carbocycles. The van der Waals surface area contributed by atoms with Gasteiger partial charge in [-0.3, -0.25) is 0 Å². The van der Waals surface area contributed by atoms with Crippen molar-refractivity contribution in [2.75, 3.05) is 19.6 Å². The molecule has 1 aromatic rings. The smallest absolute Gasteiger partial charge is 0.243 e. The molecule has 23 heavy (non-hydrogen) atoms. The molecule has 0 bridgehead atoms. The predicted octanol–water partition coefficient (Wildman–Crippen LogP) is 3.64. The fourth-order valence-corrected chi connectivity index (χ4v) is 5.50. The zero-order chi connectivity index (χ0) is 16.3. The molecule has 0 atom stereocenters. The fraction of sp³-hybridized carbons (Fsp3) is 0.625. The van der Waals surface area contributed by atoms with Crippen LogP contribution in [0.3, 0.4) is 0 Å². The average Bonchev–Trinajstić information content (AvgIpc) is 2.49. The summed E-state index contributed by atoms with van der Waals surface area (Å²) in [6, 6.07) is 3.79. The Balaban J connectivity index is 0.00000264. The minimum atomic E-state index is -3.45. The van der Waals surface area contributed by atoms with Gasteiger partial charge in [-0.25, -0.2) is 8.42 Å². The summed E-state index contributed by atoms with van der Waals surface area (Å²) in [4.78, 5) is 0.445. The van der Waals surface area contributed by atoms with Gasteiger partial charge in [0, 0.05) is 17.1 Å². The van der Waals surface area contributed by atoms with Crippen LogP contribution in [0.4, 0.5) is 0 Å². The molecule has 0 radical (unpaired) electrons. The second-order valence-corrected chi connectivity index (χ2v) is 8.68. The first kappa shape index (κ1) is 20.9. The largest absolute Gasteiger partial charge is 0.317 e. The molecule has 1 fully saturated rings. The third-order valence-electron chi connectivity index (χ3n) is 4.20. The summed E-state index contributed by atoms with van der Waals surface area (Å²) in [5.74, 6) is 0. The van der Waals surface area contributed by atoms with Gasteiger partial charge in [-0.2, -0.15) is 4.31 Å². The summed E-state index contributed by atoms with van der Waals surface area (Å²) < 4.78 is 29.1. The van der Waals surface area contributed by atoms with Gasteiger partial charge in [0.1, 0.15) is 0 Å². The van der Waals surface area contributed by atoms with Gasteiger partial charge in [-0.15, -0.1) is 12.4 Å². The first-order valence-electron chi connectivity index (χ1n) is 7.87. The van der Waals surface area contributed by atoms with Crippen molar-refractivity contribution < 1.29 is 8.42 Å². The van der Waals surface area contributed by atoms with E-state index in [1.807, 2.05) is 26.8 Å². The van der Waals surface area contributed by atoms with Crippen molar-refractivity contribution in [2.24, 2.45) is 0 Å². The number of rotatable bonds is 5. The van der Waals surface area contributed by atoms with E-state index in [0.29, 0.717) is 11.4 Å². The standard InChI is InChI=1S/C16H25BrN2O2S.ClH/c1-4-9-19(14-5-7-18-8-6-14)22(20,21)16-11-12(2)15(17)10-13(16)3;/h10-11,14,18H,4-9H2,1-3H3;1H. The summed E-state index contributed by atoms with van der Waals surface area (Å²) in [6.45, 7) is 8.18. The number of nitrogens with zero attached hydrogens (tertiary/aromatic N) is 1. The van der Waals surface area contributed by atoms with Crippen molar-refractivity contribution in [3.05, 3.63) is 27.7 Å². The highest BCUT2D eigenvalue weighted by atomic mass is 79.9.